The van der Waals surface area contributed by atoms with Gasteiger partial charge in [-0.1, -0.05) is 45.4 Å². The molecular weight excluding hydrogens is 210 g/mol. The number of nitrogen functional groups attached to an aromatic ring is 1. The maximum absolute atomic E-state index is 5.89. The molecule has 2 rings (SSSR count). The standard InChI is InChI=1S/C14H25N3/c1-2-6-12-13(16-17-14(12)15)10-9-11-7-4-3-5-8-11/h11H,2-10H2,1H3,(H3,15,16,17). The van der Waals surface area contributed by atoms with Crippen LogP contribution in [0.25, 0.3) is 0 Å². The SMILES string of the molecule is CCCc1c(N)n[nH]c1CCC1CCCCC1. The zero-order valence-electron chi connectivity index (χ0n) is 11.0. The summed E-state index contributed by atoms with van der Waals surface area (Å²) in [4.78, 5) is 0. The van der Waals surface area contributed by atoms with Crippen LogP contribution in [0.3, 0.4) is 0 Å². The highest BCUT2D eigenvalue weighted by Crippen LogP contribution is 2.28. The summed E-state index contributed by atoms with van der Waals surface area (Å²) in [6.07, 6.45) is 11.8. The van der Waals surface area contributed by atoms with Crippen molar-refractivity contribution in [3.8, 4) is 0 Å². The minimum Gasteiger partial charge on any atom is -0.382 e. The zero-order valence-corrected chi connectivity index (χ0v) is 11.0. The molecule has 0 radical (unpaired) electrons. The smallest absolute Gasteiger partial charge is 0.148 e. The van der Waals surface area contributed by atoms with Crippen LogP contribution >= 0.6 is 0 Å². The van der Waals surface area contributed by atoms with Gasteiger partial charge in [-0.3, -0.25) is 5.10 Å². The van der Waals surface area contributed by atoms with Crippen molar-refractivity contribution in [3.05, 3.63) is 11.3 Å². The van der Waals surface area contributed by atoms with Crippen LogP contribution in [0.2, 0.25) is 0 Å². The van der Waals surface area contributed by atoms with Crippen molar-refractivity contribution >= 4 is 5.82 Å². The van der Waals surface area contributed by atoms with Crippen LogP contribution in [0.5, 0.6) is 0 Å². The Labute approximate surface area is 104 Å². The lowest BCUT2D eigenvalue weighted by Crippen LogP contribution is -2.08. The van der Waals surface area contributed by atoms with E-state index in [2.05, 4.69) is 17.1 Å². The van der Waals surface area contributed by atoms with E-state index in [0.717, 1.165) is 25.2 Å². The summed E-state index contributed by atoms with van der Waals surface area (Å²) < 4.78 is 0. The van der Waals surface area contributed by atoms with Crippen molar-refractivity contribution in [1.29, 1.82) is 0 Å². The van der Waals surface area contributed by atoms with Gasteiger partial charge in [-0.05, 0) is 25.2 Å². The van der Waals surface area contributed by atoms with Gasteiger partial charge in [-0.25, -0.2) is 0 Å². The Morgan fingerprint density at radius 3 is 2.71 bits per heavy atom. The average Bonchev–Trinajstić information content (AvgIpc) is 2.70. The van der Waals surface area contributed by atoms with Gasteiger partial charge in [0.1, 0.15) is 5.82 Å². The third-order valence-electron chi connectivity index (χ3n) is 4.01. The molecule has 0 saturated heterocycles. The fraction of sp³-hybridized carbons (Fsp3) is 0.786. The molecule has 0 spiro atoms. The molecule has 0 atom stereocenters. The second-order valence-corrected chi connectivity index (χ2v) is 5.36. The number of H-pyrrole nitrogens is 1. The quantitative estimate of drug-likeness (QED) is 0.821. The predicted octanol–water partition coefficient (Wildman–Crippen LogP) is 3.46. The van der Waals surface area contributed by atoms with Gasteiger partial charge in [-0.15, -0.1) is 0 Å². The molecule has 3 nitrogen and oxygen atoms in total. The molecule has 96 valence electrons. The van der Waals surface area contributed by atoms with Gasteiger partial charge < -0.3 is 5.73 Å². The Hall–Kier alpha value is -0.990. The van der Waals surface area contributed by atoms with Crippen LogP contribution in [0.15, 0.2) is 0 Å². The second kappa shape index (κ2) is 6.08. The minimum absolute atomic E-state index is 0.713. The van der Waals surface area contributed by atoms with Crippen molar-refractivity contribution in [3.63, 3.8) is 0 Å². The van der Waals surface area contributed by atoms with E-state index < -0.39 is 0 Å². The highest BCUT2D eigenvalue weighted by molar-refractivity contribution is 5.42. The fourth-order valence-electron chi connectivity index (χ4n) is 2.98. The Morgan fingerprint density at radius 2 is 2.00 bits per heavy atom. The van der Waals surface area contributed by atoms with Gasteiger partial charge in [-0.2, -0.15) is 5.10 Å². The van der Waals surface area contributed by atoms with Crippen LogP contribution in [0.1, 0.15) is 63.1 Å². The molecule has 1 aromatic rings. The number of rotatable bonds is 5. The molecule has 1 aromatic heterocycles. The molecule has 0 aromatic carbocycles. The molecule has 1 aliphatic carbocycles. The molecule has 0 unspecified atom stereocenters. The summed E-state index contributed by atoms with van der Waals surface area (Å²) in [6, 6.07) is 0. The second-order valence-electron chi connectivity index (χ2n) is 5.36. The largest absolute Gasteiger partial charge is 0.382 e. The van der Waals surface area contributed by atoms with Gasteiger partial charge in [0.05, 0.1) is 0 Å². The number of nitrogens with two attached hydrogens (primary N) is 1. The van der Waals surface area contributed by atoms with E-state index in [4.69, 9.17) is 5.73 Å². The lowest BCUT2D eigenvalue weighted by molar-refractivity contribution is 0.338. The first-order chi connectivity index (χ1) is 8.31. The molecule has 1 fully saturated rings. The van der Waals surface area contributed by atoms with E-state index in [9.17, 15) is 0 Å². The van der Waals surface area contributed by atoms with Crippen LogP contribution in [0, 0.1) is 5.92 Å². The summed E-state index contributed by atoms with van der Waals surface area (Å²) in [6.45, 7) is 2.19. The summed E-state index contributed by atoms with van der Waals surface area (Å²) >= 11 is 0. The van der Waals surface area contributed by atoms with E-state index in [1.165, 1.54) is 49.8 Å². The average molecular weight is 235 g/mol. The van der Waals surface area contributed by atoms with Crippen LogP contribution < -0.4 is 5.73 Å². The molecule has 3 N–H and O–H groups in total. The molecule has 1 aliphatic rings. The lowest BCUT2D eigenvalue weighted by atomic mass is 9.85. The molecule has 1 heterocycles. The Morgan fingerprint density at radius 1 is 1.24 bits per heavy atom. The van der Waals surface area contributed by atoms with Gasteiger partial charge in [0.25, 0.3) is 0 Å². The summed E-state index contributed by atoms with van der Waals surface area (Å²) in [5.41, 5.74) is 8.45. The van der Waals surface area contributed by atoms with E-state index in [-0.39, 0.29) is 0 Å². The van der Waals surface area contributed by atoms with Crippen molar-refractivity contribution in [1.82, 2.24) is 10.2 Å². The van der Waals surface area contributed by atoms with Crippen LogP contribution in [-0.4, -0.2) is 10.2 Å². The lowest BCUT2D eigenvalue weighted by Gasteiger charge is -2.21. The highest BCUT2D eigenvalue weighted by Gasteiger charge is 2.15. The number of hydrogen-bond acceptors (Lipinski definition) is 2. The molecule has 17 heavy (non-hydrogen) atoms. The number of aromatic amines is 1. The summed E-state index contributed by atoms with van der Waals surface area (Å²) in [5, 5.41) is 7.28. The van der Waals surface area contributed by atoms with Crippen LogP contribution in [0.4, 0.5) is 5.82 Å². The monoisotopic (exact) mass is 235 g/mol. The van der Waals surface area contributed by atoms with Crippen molar-refractivity contribution in [2.45, 2.75) is 64.7 Å². The van der Waals surface area contributed by atoms with E-state index in [1.54, 1.807) is 0 Å². The number of nitrogens with zero attached hydrogens (tertiary/aromatic N) is 1. The molecule has 1 saturated carbocycles. The number of aromatic nitrogens is 2. The zero-order chi connectivity index (χ0) is 12.1. The van der Waals surface area contributed by atoms with Gasteiger partial charge in [0.15, 0.2) is 0 Å². The molecular formula is C14H25N3. The first-order valence-electron chi connectivity index (χ1n) is 7.12. The minimum atomic E-state index is 0.713. The highest BCUT2D eigenvalue weighted by atomic mass is 15.2. The van der Waals surface area contributed by atoms with Gasteiger partial charge in [0.2, 0.25) is 0 Å². The Bertz CT molecular complexity index is 337. The van der Waals surface area contributed by atoms with Crippen molar-refractivity contribution in [2.75, 3.05) is 5.73 Å². The number of hydrogen-bond donors (Lipinski definition) is 2. The third kappa shape index (κ3) is 3.24. The molecule has 0 aliphatic heterocycles. The van der Waals surface area contributed by atoms with Gasteiger partial charge in [0, 0.05) is 11.3 Å². The summed E-state index contributed by atoms with van der Waals surface area (Å²) in [7, 11) is 0. The Kier molecular flexibility index (Phi) is 4.46. The number of anilines is 1. The fourth-order valence-corrected chi connectivity index (χ4v) is 2.98. The van der Waals surface area contributed by atoms with E-state index in [0.29, 0.717) is 5.82 Å². The van der Waals surface area contributed by atoms with Gasteiger partial charge >= 0.3 is 0 Å². The first kappa shape index (κ1) is 12.5. The third-order valence-corrected chi connectivity index (χ3v) is 4.01. The maximum Gasteiger partial charge on any atom is 0.148 e. The summed E-state index contributed by atoms with van der Waals surface area (Å²) in [5.74, 6) is 1.65. The molecule has 0 amide bonds. The maximum atomic E-state index is 5.89. The predicted molar refractivity (Wildman–Crippen MR) is 71.9 cm³/mol. The van der Waals surface area contributed by atoms with E-state index >= 15 is 0 Å². The van der Waals surface area contributed by atoms with Crippen molar-refractivity contribution in [2.24, 2.45) is 5.92 Å². The topological polar surface area (TPSA) is 54.7 Å². The molecule has 0 bridgehead atoms. The van der Waals surface area contributed by atoms with Crippen LogP contribution in [-0.2, 0) is 12.8 Å². The number of aryl methyl sites for hydroxylation is 1. The Balaban J connectivity index is 1.89. The molecule has 3 heteroatoms. The first-order valence-corrected chi connectivity index (χ1v) is 7.12. The van der Waals surface area contributed by atoms with E-state index in [1.807, 2.05) is 0 Å². The normalized spacial score (nSPS) is 17.5. The number of nitrogens with one attached hydrogen (secondary N) is 1. The van der Waals surface area contributed by atoms with Crippen molar-refractivity contribution < 1.29 is 0 Å².